The highest BCUT2D eigenvalue weighted by molar-refractivity contribution is 7.98. The molecule has 0 amide bonds. The molecule has 6 heteroatoms. The zero-order chi connectivity index (χ0) is 13.1. The smallest absolute Gasteiger partial charge is 0.189 e. The van der Waals surface area contributed by atoms with Crippen molar-refractivity contribution in [1.29, 1.82) is 0 Å². The summed E-state index contributed by atoms with van der Waals surface area (Å²) in [5.74, 6) is 0.838. The summed E-state index contributed by atoms with van der Waals surface area (Å²) in [6, 6.07) is 2.05. The van der Waals surface area contributed by atoms with Crippen molar-refractivity contribution in [3.8, 4) is 0 Å². The minimum atomic E-state index is 0.170. The monoisotopic (exact) mass is 263 g/mol. The first-order chi connectivity index (χ1) is 8.60. The van der Waals surface area contributed by atoms with Gasteiger partial charge in [0.25, 0.3) is 0 Å². The Bertz CT molecular complexity index is 537. The number of anilines is 1. The van der Waals surface area contributed by atoms with E-state index in [9.17, 15) is 0 Å². The van der Waals surface area contributed by atoms with E-state index in [1.54, 1.807) is 6.20 Å². The Kier molecular flexibility index (Phi) is 3.86. The van der Waals surface area contributed by atoms with Crippen molar-refractivity contribution >= 4 is 17.6 Å². The Morgan fingerprint density at radius 2 is 2.22 bits per heavy atom. The summed E-state index contributed by atoms with van der Waals surface area (Å²) in [5.41, 5.74) is 2.22. The molecule has 0 aliphatic rings. The molecular weight excluding hydrogens is 246 g/mol. The van der Waals surface area contributed by atoms with E-state index < -0.39 is 0 Å². The molecule has 0 spiro atoms. The molecule has 5 nitrogen and oxygen atoms in total. The Balaban J connectivity index is 2.15. The quantitative estimate of drug-likeness (QED) is 0.678. The van der Waals surface area contributed by atoms with E-state index in [1.165, 1.54) is 17.3 Å². The van der Waals surface area contributed by atoms with Crippen molar-refractivity contribution in [2.45, 2.75) is 25.0 Å². The van der Waals surface area contributed by atoms with Crippen molar-refractivity contribution < 1.29 is 0 Å². The summed E-state index contributed by atoms with van der Waals surface area (Å²) in [6.45, 7) is 4.12. The summed E-state index contributed by atoms with van der Waals surface area (Å²) >= 11 is 1.53. The second-order valence-electron chi connectivity index (χ2n) is 4.14. The maximum Gasteiger partial charge on any atom is 0.189 e. The van der Waals surface area contributed by atoms with Gasteiger partial charge in [0.15, 0.2) is 5.16 Å². The lowest BCUT2D eigenvalue weighted by atomic mass is 10.1. The molecule has 2 aromatic heterocycles. The number of hydrogen-bond acceptors (Lipinski definition) is 5. The zero-order valence-electron chi connectivity index (χ0n) is 11.0. The number of rotatable bonds is 4. The summed E-state index contributed by atoms with van der Waals surface area (Å²) < 4.78 is 1.83. The van der Waals surface area contributed by atoms with Crippen LogP contribution in [0.1, 0.15) is 24.2 Å². The van der Waals surface area contributed by atoms with Crippen LogP contribution in [0.2, 0.25) is 0 Å². The van der Waals surface area contributed by atoms with E-state index >= 15 is 0 Å². The van der Waals surface area contributed by atoms with E-state index in [4.69, 9.17) is 0 Å². The van der Waals surface area contributed by atoms with Crippen LogP contribution in [0.5, 0.6) is 0 Å². The van der Waals surface area contributed by atoms with Gasteiger partial charge in [-0.05, 0) is 26.2 Å². The summed E-state index contributed by atoms with van der Waals surface area (Å²) in [4.78, 5) is 8.56. The summed E-state index contributed by atoms with van der Waals surface area (Å²) in [5, 5.41) is 8.49. The number of hydrogen-bond donors (Lipinski definition) is 1. The van der Waals surface area contributed by atoms with E-state index in [0.29, 0.717) is 0 Å². The lowest BCUT2D eigenvalue weighted by molar-refractivity contribution is 0.756. The predicted molar refractivity (Wildman–Crippen MR) is 73.8 cm³/mol. The molecule has 18 heavy (non-hydrogen) atoms. The van der Waals surface area contributed by atoms with Gasteiger partial charge in [-0.1, -0.05) is 11.8 Å². The molecule has 96 valence electrons. The van der Waals surface area contributed by atoms with Gasteiger partial charge in [-0.15, -0.1) is 0 Å². The molecule has 0 saturated heterocycles. The van der Waals surface area contributed by atoms with Crippen molar-refractivity contribution in [3.05, 3.63) is 29.7 Å². The van der Waals surface area contributed by atoms with Crippen LogP contribution in [-0.2, 0) is 7.05 Å². The van der Waals surface area contributed by atoms with Crippen LogP contribution < -0.4 is 5.32 Å². The Labute approximate surface area is 111 Å². The molecule has 0 bridgehead atoms. The van der Waals surface area contributed by atoms with Gasteiger partial charge >= 0.3 is 0 Å². The zero-order valence-corrected chi connectivity index (χ0v) is 11.8. The normalized spacial score (nSPS) is 12.4. The molecule has 0 saturated carbocycles. The van der Waals surface area contributed by atoms with Gasteiger partial charge < -0.3 is 5.32 Å². The Morgan fingerprint density at radius 1 is 1.44 bits per heavy atom. The number of aryl methyl sites for hydroxylation is 2. The first kappa shape index (κ1) is 12.9. The largest absolute Gasteiger partial charge is 0.363 e. The van der Waals surface area contributed by atoms with Crippen LogP contribution >= 0.6 is 11.8 Å². The molecule has 0 aliphatic heterocycles. The van der Waals surface area contributed by atoms with Crippen LogP contribution in [0.4, 0.5) is 5.82 Å². The van der Waals surface area contributed by atoms with Gasteiger partial charge in [0.05, 0.1) is 11.7 Å². The lowest BCUT2D eigenvalue weighted by Gasteiger charge is -2.13. The highest BCUT2D eigenvalue weighted by atomic mass is 32.2. The van der Waals surface area contributed by atoms with Crippen molar-refractivity contribution in [3.63, 3.8) is 0 Å². The first-order valence-corrected chi connectivity index (χ1v) is 6.96. The SMILES string of the molecule is CSc1nccc(NC(C)c2cn(C)nc2C)n1. The molecule has 2 aromatic rings. The van der Waals surface area contributed by atoms with Crippen LogP contribution in [0.25, 0.3) is 0 Å². The van der Waals surface area contributed by atoms with Crippen LogP contribution in [0, 0.1) is 6.92 Å². The van der Waals surface area contributed by atoms with Gasteiger partial charge in [0.2, 0.25) is 0 Å². The molecule has 0 aromatic carbocycles. The average molecular weight is 263 g/mol. The highest BCUT2D eigenvalue weighted by Gasteiger charge is 2.12. The van der Waals surface area contributed by atoms with Gasteiger partial charge in [-0.2, -0.15) is 5.10 Å². The maximum absolute atomic E-state index is 4.41. The molecule has 1 atom stereocenters. The van der Waals surface area contributed by atoms with E-state index in [0.717, 1.165) is 16.7 Å². The maximum atomic E-state index is 4.41. The van der Waals surface area contributed by atoms with Gasteiger partial charge in [0.1, 0.15) is 5.82 Å². The third-order valence-electron chi connectivity index (χ3n) is 2.70. The van der Waals surface area contributed by atoms with Crippen LogP contribution in [0.3, 0.4) is 0 Å². The predicted octanol–water partition coefficient (Wildman–Crippen LogP) is 2.41. The van der Waals surface area contributed by atoms with Crippen LogP contribution in [-0.4, -0.2) is 26.0 Å². The molecule has 0 radical (unpaired) electrons. The molecule has 1 N–H and O–H groups in total. The second-order valence-corrected chi connectivity index (χ2v) is 4.91. The topological polar surface area (TPSA) is 55.6 Å². The van der Waals surface area contributed by atoms with Crippen molar-refractivity contribution in [1.82, 2.24) is 19.7 Å². The van der Waals surface area contributed by atoms with E-state index in [1.807, 2.05) is 37.2 Å². The minimum absolute atomic E-state index is 0.170. The fraction of sp³-hybridized carbons (Fsp3) is 0.417. The average Bonchev–Trinajstić information content (AvgIpc) is 2.69. The number of thioether (sulfide) groups is 1. The van der Waals surface area contributed by atoms with Gasteiger partial charge in [-0.25, -0.2) is 9.97 Å². The minimum Gasteiger partial charge on any atom is -0.363 e. The summed E-state index contributed by atoms with van der Waals surface area (Å²) in [6.07, 6.45) is 5.77. The molecule has 1 unspecified atom stereocenters. The Hall–Kier alpha value is -1.56. The highest BCUT2D eigenvalue weighted by Crippen LogP contribution is 2.20. The number of nitrogens with one attached hydrogen (secondary N) is 1. The van der Waals surface area contributed by atoms with E-state index in [2.05, 4.69) is 27.3 Å². The molecule has 0 fully saturated rings. The lowest BCUT2D eigenvalue weighted by Crippen LogP contribution is -2.08. The fourth-order valence-electron chi connectivity index (χ4n) is 1.86. The molecular formula is C12H17N5S. The molecule has 2 rings (SSSR count). The van der Waals surface area contributed by atoms with Crippen LogP contribution in [0.15, 0.2) is 23.6 Å². The molecule has 2 heterocycles. The van der Waals surface area contributed by atoms with Gasteiger partial charge in [-0.3, -0.25) is 4.68 Å². The van der Waals surface area contributed by atoms with Gasteiger partial charge in [0, 0.05) is 25.0 Å². The standard InChI is InChI=1S/C12H17N5S/c1-8(10-7-17(3)16-9(10)2)14-11-5-6-13-12(15-11)18-4/h5-8H,1-4H3,(H,13,14,15). The number of nitrogens with zero attached hydrogens (tertiary/aromatic N) is 4. The third-order valence-corrected chi connectivity index (χ3v) is 3.26. The number of aromatic nitrogens is 4. The first-order valence-electron chi connectivity index (χ1n) is 5.74. The second kappa shape index (κ2) is 5.39. The third kappa shape index (κ3) is 2.81. The van der Waals surface area contributed by atoms with E-state index in [-0.39, 0.29) is 6.04 Å². The summed E-state index contributed by atoms with van der Waals surface area (Å²) in [7, 11) is 1.93. The Morgan fingerprint density at radius 3 is 2.83 bits per heavy atom. The fourth-order valence-corrected chi connectivity index (χ4v) is 2.22. The molecule has 0 aliphatic carbocycles. The van der Waals surface area contributed by atoms with Crippen molar-refractivity contribution in [2.24, 2.45) is 7.05 Å². The van der Waals surface area contributed by atoms with Crippen molar-refractivity contribution in [2.75, 3.05) is 11.6 Å².